The maximum Gasteiger partial charge on any atom is 0.573 e. The van der Waals surface area contributed by atoms with Gasteiger partial charge >= 0.3 is 12.7 Å². The Bertz CT molecular complexity index is 2640. The number of halogens is 7. The molecule has 5 aliphatic rings. The Balaban J connectivity index is 0.000000180. The van der Waals surface area contributed by atoms with Gasteiger partial charge in [0.05, 0.1) is 7.11 Å². The number of hydrogen-bond donors (Lipinski definition) is 0. The highest BCUT2D eigenvalue weighted by atomic mass is 19.4. The van der Waals surface area contributed by atoms with E-state index in [4.69, 9.17) is 9.47 Å². The van der Waals surface area contributed by atoms with E-state index < -0.39 is 12.7 Å². The molecule has 5 heterocycles. The third-order valence-corrected chi connectivity index (χ3v) is 18.3. The molecule has 500 valence electrons. The van der Waals surface area contributed by atoms with E-state index in [9.17, 15) is 30.7 Å². The first-order valence-electron chi connectivity index (χ1n) is 33.0. The second kappa shape index (κ2) is 36.0. The van der Waals surface area contributed by atoms with Gasteiger partial charge in [0.15, 0.2) is 0 Å². The van der Waals surface area contributed by atoms with Crippen molar-refractivity contribution in [3.05, 3.63) is 149 Å². The number of ether oxygens (including phenoxy) is 4. The summed E-state index contributed by atoms with van der Waals surface area (Å²) < 4.78 is 104. The number of likely N-dealkylation sites (tertiary alicyclic amines) is 4. The molecule has 5 aliphatic heterocycles. The summed E-state index contributed by atoms with van der Waals surface area (Å²) in [6.45, 7) is 37.3. The number of anilines is 1. The fraction of sp³-hybridized carbons (Fsp3) is 0.589. The van der Waals surface area contributed by atoms with Crippen LogP contribution in [-0.4, -0.2) is 159 Å². The molecule has 5 saturated heterocycles. The van der Waals surface area contributed by atoms with Crippen molar-refractivity contribution < 1.29 is 49.7 Å². The van der Waals surface area contributed by atoms with E-state index in [2.05, 4.69) is 164 Å². The Morgan fingerprint density at radius 2 is 0.644 bits per heavy atom. The first-order chi connectivity index (χ1) is 42.7. The number of hydrogen-bond acceptors (Lipinski definition) is 10. The monoisotopic (exact) mass is 1260 g/mol. The van der Waals surface area contributed by atoms with Gasteiger partial charge in [0.1, 0.15) is 34.9 Å². The van der Waals surface area contributed by atoms with E-state index in [1.807, 2.05) is 12.1 Å². The van der Waals surface area contributed by atoms with Crippen molar-refractivity contribution >= 4 is 5.69 Å². The predicted octanol–water partition coefficient (Wildman–Crippen LogP) is 17.2. The Kier molecular flexibility index (Phi) is 29.4. The standard InChI is InChI=1S/C15H20F3NO.2C15H23NO.C14H19F3N2O.C14H20FN/c1-11(2)19-9-7-13(8-10-19)12-3-5-14(6-4-12)20-15(16,17)18;1-12(2)16-10-8-14(9-11-16)13-4-6-15(17-3)7-5-13;1-12(2)16-10-8-15(9-11-16)17-14-6-4-13(3)5-7-14;1-11(2)18-7-9-19(10-8-18)12-3-5-13(6-4-12)20-14(15,16)17;1-11(2)16-9-7-13(8-10-16)12-3-5-14(15)6-4-12/h3-6,11,13H,7-10H2,1-2H3;4-7,12,14H,8-11H2,1-3H3;4-7,12,15H,8-11H2,1-3H3;3-6,11H,7-10H2,1-2H3;3-6,11,13H,7-10H2,1-2H3. The van der Waals surface area contributed by atoms with Crippen molar-refractivity contribution in [3.63, 3.8) is 0 Å². The highest BCUT2D eigenvalue weighted by Crippen LogP contribution is 2.34. The molecule has 0 radical (unpaired) electrons. The zero-order chi connectivity index (χ0) is 65.5. The van der Waals surface area contributed by atoms with Crippen molar-refractivity contribution in [3.8, 4) is 23.0 Å². The summed E-state index contributed by atoms with van der Waals surface area (Å²) in [6, 6.07) is 39.4. The summed E-state index contributed by atoms with van der Waals surface area (Å²) >= 11 is 0. The minimum Gasteiger partial charge on any atom is -0.497 e. The summed E-state index contributed by atoms with van der Waals surface area (Å²) in [5.41, 5.74) is 6.08. The normalized spacial score (nSPS) is 18.5. The average Bonchev–Trinajstić information content (AvgIpc) is 2.37. The highest BCUT2D eigenvalue weighted by Gasteiger charge is 2.33. The highest BCUT2D eigenvalue weighted by molar-refractivity contribution is 5.49. The SMILES string of the molecule is CC(C)N1CCC(c2ccc(F)cc2)CC1.CC(C)N1CCC(c2ccc(OC(F)(F)F)cc2)CC1.CC(C)N1CCN(c2ccc(OC(F)(F)F)cc2)CC1.COc1ccc(C2CCN(C(C)C)CC2)cc1.Cc1ccc(OC2CCN(C(C)C)CC2)cc1. The quantitative estimate of drug-likeness (QED) is 0.101. The minimum absolute atomic E-state index is 0.136. The second-order valence-corrected chi connectivity index (χ2v) is 26.1. The van der Waals surface area contributed by atoms with Crippen LogP contribution < -0.4 is 23.8 Å². The van der Waals surface area contributed by atoms with Crippen LogP contribution in [0.5, 0.6) is 23.0 Å². The van der Waals surface area contributed by atoms with Gasteiger partial charge in [-0.3, -0.25) is 4.90 Å². The van der Waals surface area contributed by atoms with E-state index in [0.717, 1.165) is 107 Å². The number of rotatable bonds is 14. The molecule has 0 atom stereocenters. The van der Waals surface area contributed by atoms with Crippen molar-refractivity contribution in [1.82, 2.24) is 24.5 Å². The molecular formula is C73H105F7N6O4. The second-order valence-electron chi connectivity index (χ2n) is 26.1. The number of methoxy groups -OCH3 is 1. The molecule has 0 aromatic heterocycles. The number of piperazine rings is 1. The summed E-state index contributed by atoms with van der Waals surface area (Å²) in [7, 11) is 1.72. The summed E-state index contributed by atoms with van der Waals surface area (Å²) in [5, 5.41) is 0. The fourth-order valence-corrected chi connectivity index (χ4v) is 12.5. The van der Waals surface area contributed by atoms with Crippen LogP contribution in [0.15, 0.2) is 121 Å². The maximum absolute atomic E-state index is 12.8. The van der Waals surface area contributed by atoms with Crippen LogP contribution in [0.3, 0.4) is 0 Å². The fourth-order valence-electron chi connectivity index (χ4n) is 12.5. The smallest absolute Gasteiger partial charge is 0.497 e. The molecule has 17 heteroatoms. The Labute approximate surface area is 535 Å². The van der Waals surface area contributed by atoms with Crippen LogP contribution in [0.2, 0.25) is 0 Å². The van der Waals surface area contributed by atoms with Crippen LogP contribution in [0.4, 0.5) is 36.4 Å². The van der Waals surface area contributed by atoms with Crippen molar-refractivity contribution in [1.29, 1.82) is 0 Å². The zero-order valence-corrected chi connectivity index (χ0v) is 55.8. The molecule has 90 heavy (non-hydrogen) atoms. The zero-order valence-electron chi connectivity index (χ0n) is 55.8. The first kappa shape index (κ1) is 73.5. The molecular weight excluding hydrogens is 1160 g/mol. The van der Waals surface area contributed by atoms with Crippen LogP contribution in [0, 0.1) is 12.7 Å². The van der Waals surface area contributed by atoms with Gasteiger partial charge in [0.2, 0.25) is 0 Å². The third kappa shape index (κ3) is 25.5. The Hall–Kier alpha value is -5.59. The van der Waals surface area contributed by atoms with Gasteiger partial charge in [-0.2, -0.15) is 0 Å². The molecule has 0 bridgehead atoms. The third-order valence-electron chi connectivity index (χ3n) is 18.3. The lowest BCUT2D eigenvalue weighted by atomic mass is 9.89. The number of benzene rings is 5. The summed E-state index contributed by atoms with van der Waals surface area (Å²) in [6.07, 6.45) is 0.498. The molecule has 0 unspecified atom stereocenters. The molecule has 0 N–H and O–H groups in total. The van der Waals surface area contributed by atoms with Gasteiger partial charge in [0, 0.05) is 75.2 Å². The number of aryl methyl sites for hydroxylation is 1. The van der Waals surface area contributed by atoms with Crippen molar-refractivity contribution in [2.75, 3.05) is 90.5 Å². The van der Waals surface area contributed by atoms with E-state index in [0.29, 0.717) is 48.1 Å². The van der Waals surface area contributed by atoms with Gasteiger partial charge in [0.25, 0.3) is 0 Å². The average molecular weight is 1260 g/mol. The molecule has 5 aromatic rings. The predicted molar refractivity (Wildman–Crippen MR) is 352 cm³/mol. The topological polar surface area (TPSA) is 56.4 Å². The molecule has 0 saturated carbocycles. The van der Waals surface area contributed by atoms with Crippen LogP contribution in [0.1, 0.15) is 161 Å². The lowest BCUT2D eigenvalue weighted by Gasteiger charge is -2.38. The van der Waals surface area contributed by atoms with Gasteiger partial charge in [-0.05, 0) is 274 Å². The van der Waals surface area contributed by atoms with E-state index in [1.165, 1.54) is 92.8 Å². The summed E-state index contributed by atoms with van der Waals surface area (Å²) in [4.78, 5) is 14.6. The van der Waals surface area contributed by atoms with E-state index in [1.54, 1.807) is 43.5 Å². The number of nitrogens with zero attached hydrogens (tertiary/aromatic N) is 6. The molecule has 0 spiro atoms. The Morgan fingerprint density at radius 1 is 0.356 bits per heavy atom. The number of alkyl halides is 6. The molecule has 0 amide bonds. The largest absolute Gasteiger partial charge is 0.573 e. The van der Waals surface area contributed by atoms with Crippen LogP contribution in [-0.2, 0) is 0 Å². The minimum atomic E-state index is -4.63. The molecule has 5 aromatic carbocycles. The van der Waals surface area contributed by atoms with Gasteiger partial charge in [-0.1, -0.05) is 54.1 Å². The van der Waals surface area contributed by atoms with Gasteiger partial charge in [-0.25, -0.2) is 4.39 Å². The van der Waals surface area contributed by atoms with Gasteiger partial charge in [-0.15, -0.1) is 26.3 Å². The van der Waals surface area contributed by atoms with Gasteiger partial charge < -0.3 is 43.4 Å². The molecule has 10 rings (SSSR count). The molecule has 5 fully saturated rings. The van der Waals surface area contributed by atoms with Crippen LogP contribution in [0.25, 0.3) is 0 Å². The van der Waals surface area contributed by atoms with E-state index >= 15 is 0 Å². The van der Waals surface area contributed by atoms with Crippen molar-refractivity contribution in [2.45, 2.75) is 194 Å². The Morgan fingerprint density at radius 3 is 0.967 bits per heavy atom. The first-order valence-corrected chi connectivity index (χ1v) is 33.0. The molecule has 0 aliphatic carbocycles. The maximum atomic E-state index is 12.8. The lowest BCUT2D eigenvalue weighted by Crippen LogP contribution is -2.48. The van der Waals surface area contributed by atoms with E-state index in [-0.39, 0.29) is 17.3 Å². The van der Waals surface area contributed by atoms with Crippen molar-refractivity contribution in [2.24, 2.45) is 0 Å². The molecule has 10 nitrogen and oxygen atoms in total. The summed E-state index contributed by atoms with van der Waals surface area (Å²) in [5.74, 6) is 3.29. The number of piperidine rings is 4. The van der Waals surface area contributed by atoms with Crippen LogP contribution >= 0.6 is 0 Å². The lowest BCUT2D eigenvalue weighted by molar-refractivity contribution is -0.275.